The predicted molar refractivity (Wildman–Crippen MR) is 49.5 cm³/mol. The number of halogens is 1. The standard InChI is InChI=1S/C8H15NO2.ClH/c1-6-5-7(3-4-9-6)8(10)11-2;/h6-7,9H,3-5H2,1-2H3;1H/t6-,7-;/m1./s1. The largest absolute Gasteiger partial charge is 0.469 e. The molecule has 0 bridgehead atoms. The van der Waals surface area contributed by atoms with Crippen LogP contribution in [-0.4, -0.2) is 25.7 Å². The normalized spacial score (nSPS) is 28.8. The fourth-order valence-electron chi connectivity index (χ4n) is 1.51. The summed E-state index contributed by atoms with van der Waals surface area (Å²) < 4.78 is 4.67. The van der Waals surface area contributed by atoms with Gasteiger partial charge in [-0.25, -0.2) is 0 Å². The number of esters is 1. The van der Waals surface area contributed by atoms with Crippen LogP contribution in [0.1, 0.15) is 19.8 Å². The Bertz CT molecular complexity index is 152. The molecule has 2 atom stereocenters. The number of hydrogen-bond acceptors (Lipinski definition) is 3. The van der Waals surface area contributed by atoms with Gasteiger partial charge in [0.15, 0.2) is 0 Å². The minimum absolute atomic E-state index is 0. The van der Waals surface area contributed by atoms with E-state index < -0.39 is 0 Å². The molecular formula is C8H16ClNO2. The molecule has 4 heteroatoms. The van der Waals surface area contributed by atoms with E-state index in [1.54, 1.807) is 0 Å². The summed E-state index contributed by atoms with van der Waals surface area (Å²) in [5.74, 6) is 0.0644. The first-order valence-corrected chi connectivity index (χ1v) is 4.05. The van der Waals surface area contributed by atoms with Gasteiger partial charge in [0.1, 0.15) is 0 Å². The molecule has 0 aromatic rings. The van der Waals surface area contributed by atoms with Crippen LogP contribution in [0.5, 0.6) is 0 Å². The second kappa shape index (κ2) is 5.38. The Hall–Kier alpha value is -0.280. The summed E-state index contributed by atoms with van der Waals surface area (Å²) in [6.07, 6.45) is 1.82. The molecule has 1 aliphatic heterocycles. The third kappa shape index (κ3) is 2.99. The van der Waals surface area contributed by atoms with Crippen molar-refractivity contribution in [2.24, 2.45) is 5.92 Å². The van der Waals surface area contributed by atoms with Crippen molar-refractivity contribution in [2.45, 2.75) is 25.8 Å². The molecule has 12 heavy (non-hydrogen) atoms. The molecule has 1 rings (SSSR count). The number of rotatable bonds is 1. The average Bonchev–Trinajstić information content (AvgIpc) is 2.03. The van der Waals surface area contributed by atoms with E-state index >= 15 is 0 Å². The van der Waals surface area contributed by atoms with Crippen LogP contribution >= 0.6 is 12.4 Å². The van der Waals surface area contributed by atoms with Crippen molar-refractivity contribution in [2.75, 3.05) is 13.7 Å². The molecule has 0 spiro atoms. The molecule has 1 heterocycles. The maximum absolute atomic E-state index is 11.1. The van der Waals surface area contributed by atoms with Crippen LogP contribution in [0.2, 0.25) is 0 Å². The van der Waals surface area contributed by atoms with Crippen molar-refractivity contribution in [1.82, 2.24) is 5.32 Å². The lowest BCUT2D eigenvalue weighted by molar-refractivity contribution is -0.146. The Morgan fingerprint density at radius 1 is 1.58 bits per heavy atom. The Morgan fingerprint density at radius 3 is 2.75 bits per heavy atom. The zero-order chi connectivity index (χ0) is 8.27. The van der Waals surface area contributed by atoms with Gasteiger partial charge in [0, 0.05) is 6.04 Å². The number of hydrogen-bond donors (Lipinski definition) is 1. The smallest absolute Gasteiger partial charge is 0.308 e. The first-order chi connectivity index (χ1) is 5.24. The summed E-state index contributed by atoms with van der Waals surface area (Å²) in [6.45, 7) is 3.02. The highest BCUT2D eigenvalue weighted by Crippen LogP contribution is 2.16. The number of carbonyl (C=O) groups is 1. The van der Waals surface area contributed by atoms with E-state index in [0.717, 1.165) is 19.4 Å². The van der Waals surface area contributed by atoms with Gasteiger partial charge in [0.25, 0.3) is 0 Å². The van der Waals surface area contributed by atoms with Crippen molar-refractivity contribution < 1.29 is 9.53 Å². The van der Waals surface area contributed by atoms with Crippen molar-refractivity contribution in [1.29, 1.82) is 0 Å². The molecule has 0 aliphatic carbocycles. The summed E-state index contributed by atoms with van der Waals surface area (Å²) in [5.41, 5.74) is 0. The number of carbonyl (C=O) groups excluding carboxylic acids is 1. The van der Waals surface area contributed by atoms with Crippen molar-refractivity contribution in [3.05, 3.63) is 0 Å². The van der Waals surface area contributed by atoms with Gasteiger partial charge in [-0.05, 0) is 26.3 Å². The molecule has 0 aromatic heterocycles. The van der Waals surface area contributed by atoms with Crippen molar-refractivity contribution in [3.63, 3.8) is 0 Å². The van der Waals surface area contributed by atoms with Crippen LogP contribution in [0.4, 0.5) is 0 Å². The topological polar surface area (TPSA) is 38.3 Å². The van der Waals surface area contributed by atoms with E-state index in [9.17, 15) is 4.79 Å². The zero-order valence-electron chi connectivity index (χ0n) is 7.50. The first kappa shape index (κ1) is 11.7. The Labute approximate surface area is 79.3 Å². The van der Waals surface area contributed by atoms with Crippen LogP contribution in [0.15, 0.2) is 0 Å². The molecular weight excluding hydrogens is 178 g/mol. The highest BCUT2D eigenvalue weighted by Gasteiger charge is 2.24. The fraction of sp³-hybridized carbons (Fsp3) is 0.875. The van der Waals surface area contributed by atoms with Crippen LogP contribution in [0, 0.1) is 5.92 Å². The fourth-order valence-corrected chi connectivity index (χ4v) is 1.51. The van der Waals surface area contributed by atoms with E-state index in [0.29, 0.717) is 6.04 Å². The molecule has 0 aromatic carbocycles. The van der Waals surface area contributed by atoms with Crippen molar-refractivity contribution in [3.8, 4) is 0 Å². The minimum atomic E-state index is -0.0571. The predicted octanol–water partition coefficient (Wildman–Crippen LogP) is 0.969. The van der Waals surface area contributed by atoms with Gasteiger partial charge in [-0.2, -0.15) is 0 Å². The second-order valence-corrected chi connectivity index (χ2v) is 3.10. The van der Waals surface area contributed by atoms with E-state index in [4.69, 9.17) is 0 Å². The quantitative estimate of drug-likeness (QED) is 0.631. The van der Waals surface area contributed by atoms with Crippen molar-refractivity contribution >= 4 is 18.4 Å². The first-order valence-electron chi connectivity index (χ1n) is 4.05. The highest BCUT2D eigenvalue weighted by atomic mass is 35.5. The third-order valence-corrected chi connectivity index (χ3v) is 2.16. The van der Waals surface area contributed by atoms with Gasteiger partial charge >= 0.3 is 5.97 Å². The van der Waals surface area contributed by atoms with Crippen LogP contribution < -0.4 is 5.32 Å². The third-order valence-electron chi connectivity index (χ3n) is 2.16. The highest BCUT2D eigenvalue weighted by molar-refractivity contribution is 5.85. The van der Waals surface area contributed by atoms with E-state index in [2.05, 4.69) is 17.0 Å². The monoisotopic (exact) mass is 193 g/mol. The maximum atomic E-state index is 11.1. The lowest BCUT2D eigenvalue weighted by Crippen LogP contribution is -2.38. The lowest BCUT2D eigenvalue weighted by Gasteiger charge is -2.25. The molecule has 3 nitrogen and oxygen atoms in total. The van der Waals surface area contributed by atoms with Gasteiger partial charge < -0.3 is 10.1 Å². The van der Waals surface area contributed by atoms with Crippen LogP contribution in [-0.2, 0) is 9.53 Å². The maximum Gasteiger partial charge on any atom is 0.308 e. The number of methoxy groups -OCH3 is 1. The van der Waals surface area contributed by atoms with Crippen LogP contribution in [0.25, 0.3) is 0 Å². The van der Waals surface area contributed by atoms with Crippen LogP contribution in [0.3, 0.4) is 0 Å². The molecule has 0 radical (unpaired) electrons. The SMILES string of the molecule is COC(=O)[C@@H]1CCN[C@H](C)C1.Cl. The minimum Gasteiger partial charge on any atom is -0.469 e. The van der Waals surface area contributed by atoms with E-state index in [1.807, 2.05) is 0 Å². The molecule has 0 unspecified atom stereocenters. The average molecular weight is 194 g/mol. The summed E-state index contributed by atoms with van der Waals surface area (Å²) in [4.78, 5) is 11.1. The molecule has 1 N–H and O–H groups in total. The van der Waals surface area contributed by atoms with E-state index in [1.165, 1.54) is 7.11 Å². The molecule has 1 fully saturated rings. The Balaban J connectivity index is 0.00000121. The van der Waals surface area contributed by atoms with Gasteiger partial charge in [0.2, 0.25) is 0 Å². The number of nitrogens with one attached hydrogen (secondary N) is 1. The molecule has 1 aliphatic rings. The second-order valence-electron chi connectivity index (χ2n) is 3.10. The van der Waals surface area contributed by atoms with Gasteiger partial charge in [-0.15, -0.1) is 12.4 Å². The zero-order valence-corrected chi connectivity index (χ0v) is 8.32. The van der Waals surface area contributed by atoms with Gasteiger partial charge in [-0.3, -0.25) is 4.79 Å². The van der Waals surface area contributed by atoms with E-state index in [-0.39, 0.29) is 24.3 Å². The summed E-state index contributed by atoms with van der Waals surface area (Å²) >= 11 is 0. The summed E-state index contributed by atoms with van der Waals surface area (Å²) in [5, 5.41) is 3.28. The number of piperidine rings is 1. The molecule has 1 saturated heterocycles. The summed E-state index contributed by atoms with van der Waals surface area (Å²) in [7, 11) is 1.45. The lowest BCUT2D eigenvalue weighted by atomic mass is 9.93. The molecule has 0 amide bonds. The van der Waals surface area contributed by atoms with Gasteiger partial charge in [-0.1, -0.05) is 0 Å². The molecule has 72 valence electrons. The Kier molecular flexibility index (Phi) is 5.25. The Morgan fingerprint density at radius 2 is 2.25 bits per heavy atom. The number of ether oxygens (including phenoxy) is 1. The molecule has 0 saturated carbocycles. The van der Waals surface area contributed by atoms with Gasteiger partial charge in [0.05, 0.1) is 13.0 Å². The summed E-state index contributed by atoms with van der Waals surface area (Å²) in [6, 6.07) is 0.452.